The molecule has 7 heteroatoms. The Balaban J connectivity index is 1.65. The van der Waals surface area contributed by atoms with E-state index in [2.05, 4.69) is 10.1 Å². The van der Waals surface area contributed by atoms with Crippen molar-refractivity contribution in [2.24, 2.45) is 4.99 Å². The molecule has 0 aliphatic rings. The van der Waals surface area contributed by atoms with E-state index in [9.17, 15) is 13.2 Å². The summed E-state index contributed by atoms with van der Waals surface area (Å²) in [6.07, 6.45) is -0.719. The van der Waals surface area contributed by atoms with Gasteiger partial charge in [0.2, 0.25) is 5.82 Å². The molecule has 2 aromatic heterocycles. The molecular weight excluding hydrogens is 355 g/mol. The van der Waals surface area contributed by atoms with Gasteiger partial charge in [0.1, 0.15) is 0 Å². The molecule has 0 spiro atoms. The smallest absolute Gasteiger partial charge is 0.354 e. The minimum absolute atomic E-state index is 0.122. The highest BCUT2D eigenvalue weighted by atomic mass is 19.4. The van der Waals surface area contributed by atoms with Crippen LogP contribution >= 0.6 is 0 Å². The molecule has 0 radical (unpaired) electrons. The van der Waals surface area contributed by atoms with Gasteiger partial charge in [-0.25, -0.2) is 4.99 Å². The van der Waals surface area contributed by atoms with Crippen molar-refractivity contribution in [3.05, 3.63) is 89.5 Å². The highest BCUT2D eigenvalue weighted by Gasteiger charge is 2.31. The van der Waals surface area contributed by atoms with Crippen LogP contribution in [0.5, 0.6) is 0 Å². The predicted octanol–water partition coefficient (Wildman–Crippen LogP) is 4.93. The number of nitrogens with zero attached hydrogens (tertiary/aromatic N) is 3. The number of rotatable bonds is 3. The van der Waals surface area contributed by atoms with Crippen molar-refractivity contribution in [3.8, 4) is 0 Å². The molecule has 0 saturated heterocycles. The van der Waals surface area contributed by atoms with Crippen LogP contribution in [0.2, 0.25) is 0 Å². The molecule has 0 fully saturated rings. The van der Waals surface area contributed by atoms with E-state index in [4.69, 9.17) is 4.52 Å². The normalized spacial score (nSPS) is 11.7. The average Bonchev–Trinajstić information content (AvgIpc) is 3.06. The van der Waals surface area contributed by atoms with E-state index in [0.717, 1.165) is 17.7 Å². The standard InChI is InChI=1S/C20H14F3N3O/c21-20(22,23)15-6-7-18-17(12-15)19(25-27-18)24-16-8-10-26(11-9-16)13-14-4-2-1-3-5-14/h1-12H,13H2. The lowest BCUT2D eigenvalue weighted by Gasteiger charge is -2.06. The van der Waals surface area contributed by atoms with Crippen LogP contribution in [0.1, 0.15) is 11.1 Å². The monoisotopic (exact) mass is 369 g/mol. The molecular formula is C20H14F3N3O. The lowest BCUT2D eigenvalue weighted by Crippen LogP contribution is -2.06. The summed E-state index contributed by atoms with van der Waals surface area (Å²) >= 11 is 0. The van der Waals surface area contributed by atoms with E-state index in [0.29, 0.717) is 11.9 Å². The van der Waals surface area contributed by atoms with Gasteiger partial charge in [0.15, 0.2) is 5.58 Å². The van der Waals surface area contributed by atoms with Crippen molar-refractivity contribution in [2.75, 3.05) is 0 Å². The number of alkyl halides is 3. The van der Waals surface area contributed by atoms with Crippen molar-refractivity contribution < 1.29 is 17.7 Å². The van der Waals surface area contributed by atoms with Gasteiger partial charge in [0.25, 0.3) is 0 Å². The molecule has 136 valence electrons. The van der Waals surface area contributed by atoms with Crippen LogP contribution in [0, 0.1) is 0 Å². The van der Waals surface area contributed by atoms with Gasteiger partial charge in [-0.1, -0.05) is 35.5 Å². The Morgan fingerprint density at radius 3 is 2.41 bits per heavy atom. The quantitative estimate of drug-likeness (QED) is 0.514. The van der Waals surface area contributed by atoms with Gasteiger partial charge in [-0.15, -0.1) is 0 Å². The minimum atomic E-state index is -4.43. The van der Waals surface area contributed by atoms with Crippen LogP contribution in [0.3, 0.4) is 0 Å². The van der Waals surface area contributed by atoms with Crippen LogP contribution in [0.4, 0.5) is 19.0 Å². The van der Waals surface area contributed by atoms with E-state index in [1.165, 1.54) is 6.07 Å². The van der Waals surface area contributed by atoms with E-state index in [1.54, 1.807) is 12.1 Å². The molecule has 4 nitrogen and oxygen atoms in total. The second-order valence-electron chi connectivity index (χ2n) is 6.04. The third kappa shape index (κ3) is 3.76. The van der Waals surface area contributed by atoms with Crippen LogP contribution in [-0.4, -0.2) is 9.72 Å². The Kier molecular flexibility index (Phi) is 4.27. The van der Waals surface area contributed by atoms with Gasteiger partial charge in [0, 0.05) is 18.9 Å². The van der Waals surface area contributed by atoms with Crippen LogP contribution in [0.25, 0.3) is 11.0 Å². The Bertz CT molecular complexity index is 1120. The first-order valence-corrected chi connectivity index (χ1v) is 8.20. The zero-order valence-electron chi connectivity index (χ0n) is 14.0. The van der Waals surface area contributed by atoms with Crippen molar-refractivity contribution in [3.63, 3.8) is 0 Å². The predicted molar refractivity (Wildman–Crippen MR) is 94.2 cm³/mol. The fraction of sp³-hybridized carbons (Fsp3) is 0.100. The maximum atomic E-state index is 12.9. The third-order valence-electron chi connectivity index (χ3n) is 4.09. The number of fused-ring (bicyclic) bond motifs is 1. The molecule has 0 aliphatic carbocycles. The van der Waals surface area contributed by atoms with Gasteiger partial charge in [-0.05, 0) is 35.9 Å². The number of benzene rings is 2. The summed E-state index contributed by atoms with van der Waals surface area (Å²) in [5.74, 6) is 0.122. The zero-order chi connectivity index (χ0) is 18.9. The summed E-state index contributed by atoms with van der Waals surface area (Å²) in [5.41, 5.74) is 0.662. The first-order chi connectivity index (χ1) is 13.0. The topological polar surface area (TPSA) is 43.3 Å². The van der Waals surface area contributed by atoms with E-state index in [1.807, 2.05) is 47.3 Å². The first kappa shape index (κ1) is 17.1. The molecule has 0 aliphatic heterocycles. The number of hydrogen-bond donors (Lipinski definition) is 0. The molecule has 4 aromatic rings. The Morgan fingerprint density at radius 2 is 1.70 bits per heavy atom. The molecule has 27 heavy (non-hydrogen) atoms. The van der Waals surface area contributed by atoms with Crippen LogP contribution < -0.4 is 5.36 Å². The average molecular weight is 369 g/mol. The second-order valence-corrected chi connectivity index (χ2v) is 6.04. The SMILES string of the molecule is FC(F)(F)c1ccc2onc(N=c3ccn(Cc4ccccc4)cc3)c2c1. The molecule has 0 bridgehead atoms. The van der Waals surface area contributed by atoms with Crippen molar-refractivity contribution in [1.29, 1.82) is 0 Å². The minimum Gasteiger partial charge on any atom is -0.354 e. The zero-order valence-corrected chi connectivity index (χ0v) is 14.0. The fourth-order valence-electron chi connectivity index (χ4n) is 2.73. The summed E-state index contributed by atoms with van der Waals surface area (Å²) in [5, 5.41) is 4.59. The molecule has 0 amide bonds. The molecule has 0 N–H and O–H groups in total. The van der Waals surface area contributed by atoms with Crippen molar-refractivity contribution in [1.82, 2.24) is 9.72 Å². The molecule has 0 unspecified atom stereocenters. The maximum Gasteiger partial charge on any atom is 0.416 e. The largest absolute Gasteiger partial charge is 0.416 e. The number of pyridine rings is 1. The highest BCUT2D eigenvalue weighted by molar-refractivity contribution is 5.87. The summed E-state index contributed by atoms with van der Waals surface area (Å²) in [4.78, 5) is 4.32. The number of halogens is 3. The van der Waals surface area contributed by atoms with Gasteiger partial charge in [-0.2, -0.15) is 13.2 Å². The van der Waals surface area contributed by atoms with E-state index < -0.39 is 11.7 Å². The van der Waals surface area contributed by atoms with Gasteiger partial charge in [-0.3, -0.25) is 0 Å². The van der Waals surface area contributed by atoms with Crippen molar-refractivity contribution >= 4 is 16.8 Å². The molecule has 0 saturated carbocycles. The fourth-order valence-corrected chi connectivity index (χ4v) is 2.73. The number of hydrogen-bond acceptors (Lipinski definition) is 3. The summed E-state index contributed by atoms with van der Waals surface area (Å²) in [7, 11) is 0. The molecule has 4 rings (SSSR count). The lowest BCUT2D eigenvalue weighted by molar-refractivity contribution is -0.137. The Hall–Kier alpha value is -3.35. The molecule has 0 atom stereocenters. The van der Waals surface area contributed by atoms with E-state index in [-0.39, 0.29) is 16.8 Å². The Labute approximate surface area is 152 Å². The lowest BCUT2D eigenvalue weighted by atomic mass is 10.1. The summed E-state index contributed by atoms with van der Waals surface area (Å²) < 4.78 is 45.8. The van der Waals surface area contributed by atoms with Gasteiger partial charge >= 0.3 is 6.18 Å². The van der Waals surface area contributed by atoms with Crippen LogP contribution in [0.15, 0.2) is 82.6 Å². The Morgan fingerprint density at radius 1 is 0.963 bits per heavy atom. The summed E-state index contributed by atoms with van der Waals surface area (Å²) in [6.45, 7) is 0.711. The molecule has 2 aromatic carbocycles. The second kappa shape index (κ2) is 6.75. The van der Waals surface area contributed by atoms with Crippen molar-refractivity contribution in [2.45, 2.75) is 12.7 Å². The number of aromatic nitrogens is 2. The van der Waals surface area contributed by atoms with Gasteiger partial charge in [0.05, 0.1) is 16.3 Å². The molecule has 2 heterocycles. The third-order valence-corrected chi connectivity index (χ3v) is 4.09. The van der Waals surface area contributed by atoms with E-state index >= 15 is 0 Å². The first-order valence-electron chi connectivity index (χ1n) is 8.20. The summed E-state index contributed by atoms with van der Waals surface area (Å²) in [6, 6.07) is 16.8. The maximum absolute atomic E-state index is 12.9. The van der Waals surface area contributed by atoms with Crippen LogP contribution in [-0.2, 0) is 12.7 Å². The van der Waals surface area contributed by atoms with Gasteiger partial charge < -0.3 is 9.09 Å². The highest BCUT2D eigenvalue weighted by Crippen LogP contribution is 2.34.